The Labute approximate surface area is 205 Å². The van der Waals surface area contributed by atoms with Crippen LogP contribution in [0.25, 0.3) is 0 Å². The Balaban J connectivity index is 1.62. The van der Waals surface area contributed by atoms with E-state index >= 15 is 0 Å². The van der Waals surface area contributed by atoms with Crippen molar-refractivity contribution in [3.63, 3.8) is 0 Å². The van der Waals surface area contributed by atoms with Crippen molar-refractivity contribution in [1.82, 2.24) is 4.90 Å². The van der Waals surface area contributed by atoms with Crippen molar-refractivity contribution in [2.45, 2.75) is 58.2 Å². The Morgan fingerprint density at radius 1 is 0.914 bits per heavy atom. The van der Waals surface area contributed by atoms with E-state index in [9.17, 15) is 14.4 Å². The average Bonchev–Trinajstić information content (AvgIpc) is 3.25. The van der Waals surface area contributed by atoms with Gasteiger partial charge in [-0.25, -0.2) is 14.4 Å². The summed E-state index contributed by atoms with van der Waals surface area (Å²) in [6, 6.07) is 17.7. The second kappa shape index (κ2) is 12.1. The minimum Gasteiger partial charge on any atom is -0.496 e. The maximum atomic E-state index is 12.9. The van der Waals surface area contributed by atoms with Gasteiger partial charge in [-0.15, -0.1) is 0 Å². The van der Waals surface area contributed by atoms with Crippen LogP contribution in [0.4, 0.5) is 4.79 Å². The van der Waals surface area contributed by atoms with Crippen LogP contribution in [0.2, 0.25) is 0 Å². The summed E-state index contributed by atoms with van der Waals surface area (Å²) in [7, 11) is 0. The summed E-state index contributed by atoms with van der Waals surface area (Å²) in [4.78, 5) is 38.9. The average molecular weight is 482 g/mol. The predicted molar refractivity (Wildman–Crippen MR) is 128 cm³/mol. The predicted octanol–water partition coefficient (Wildman–Crippen LogP) is 4.38. The molecule has 0 aromatic heterocycles. The lowest BCUT2D eigenvalue weighted by molar-refractivity contribution is -0.150. The Morgan fingerprint density at radius 3 is 2.06 bits per heavy atom. The summed E-state index contributed by atoms with van der Waals surface area (Å²) in [5.74, 6) is -1.10. The monoisotopic (exact) mass is 481 g/mol. The number of amides is 1. The zero-order chi connectivity index (χ0) is 25.3. The largest absolute Gasteiger partial charge is 0.496 e. The number of benzene rings is 2. The molecule has 0 saturated carbocycles. The molecule has 1 aliphatic heterocycles. The summed E-state index contributed by atoms with van der Waals surface area (Å²) in [5.41, 5.74) is 1.04. The molecular weight excluding hydrogens is 450 g/mol. The smallest absolute Gasteiger partial charge is 0.410 e. The summed E-state index contributed by atoms with van der Waals surface area (Å²) < 4.78 is 21.7. The summed E-state index contributed by atoms with van der Waals surface area (Å²) in [6.07, 6.45) is 1.44. The number of likely N-dealkylation sites (tertiary alicyclic amines) is 1. The highest BCUT2D eigenvalue weighted by Crippen LogP contribution is 2.24. The Bertz CT molecular complexity index is 951. The first-order valence-electron chi connectivity index (χ1n) is 11.4. The van der Waals surface area contributed by atoms with Crippen LogP contribution in [-0.4, -0.2) is 47.2 Å². The molecule has 8 nitrogen and oxygen atoms in total. The van der Waals surface area contributed by atoms with Crippen LogP contribution in [-0.2, 0) is 41.8 Å². The van der Waals surface area contributed by atoms with Crippen LogP contribution in [0.5, 0.6) is 0 Å². The number of carbonyl (C=O) groups excluding carboxylic acids is 3. The molecule has 0 radical (unpaired) electrons. The van der Waals surface area contributed by atoms with Crippen molar-refractivity contribution in [1.29, 1.82) is 0 Å². The van der Waals surface area contributed by atoms with Gasteiger partial charge < -0.3 is 18.9 Å². The SMILES string of the molecule is CC(C)(C)OC(=O)C=COC1CC(C(=O)OCc2ccccc2)N(C(=O)OCc2ccccc2)C1. The van der Waals surface area contributed by atoms with Crippen LogP contribution < -0.4 is 0 Å². The van der Waals surface area contributed by atoms with Crippen molar-refractivity contribution >= 4 is 18.0 Å². The molecule has 1 aliphatic rings. The highest BCUT2D eigenvalue weighted by molar-refractivity contribution is 5.83. The number of nitrogens with zero attached hydrogens (tertiary/aromatic N) is 1. The zero-order valence-electron chi connectivity index (χ0n) is 20.2. The third kappa shape index (κ3) is 8.48. The number of ether oxygens (including phenoxy) is 4. The normalized spacial score (nSPS) is 17.7. The third-order valence-electron chi connectivity index (χ3n) is 5.08. The molecule has 2 aromatic carbocycles. The van der Waals surface area contributed by atoms with Crippen molar-refractivity contribution in [3.05, 3.63) is 84.1 Å². The number of esters is 2. The van der Waals surface area contributed by atoms with Crippen molar-refractivity contribution in [3.8, 4) is 0 Å². The lowest BCUT2D eigenvalue weighted by Crippen LogP contribution is -2.41. The van der Waals surface area contributed by atoms with Gasteiger partial charge in [0.25, 0.3) is 0 Å². The van der Waals surface area contributed by atoms with Gasteiger partial charge in [0.2, 0.25) is 0 Å². The van der Waals surface area contributed by atoms with Gasteiger partial charge in [0, 0.05) is 6.42 Å². The van der Waals surface area contributed by atoms with E-state index in [0.29, 0.717) is 0 Å². The summed E-state index contributed by atoms with van der Waals surface area (Å²) in [5, 5.41) is 0. The van der Waals surface area contributed by atoms with Crippen molar-refractivity contribution in [2.75, 3.05) is 6.54 Å². The molecule has 1 amide bonds. The van der Waals surface area contributed by atoms with Gasteiger partial charge in [-0.1, -0.05) is 60.7 Å². The van der Waals surface area contributed by atoms with E-state index in [0.717, 1.165) is 11.1 Å². The third-order valence-corrected chi connectivity index (χ3v) is 5.08. The lowest BCUT2D eigenvalue weighted by Gasteiger charge is -2.22. The second-order valence-corrected chi connectivity index (χ2v) is 9.13. The molecular formula is C27H31NO7. The van der Waals surface area contributed by atoms with E-state index in [1.165, 1.54) is 17.2 Å². The number of carbonyl (C=O) groups is 3. The summed E-state index contributed by atoms with van der Waals surface area (Å²) in [6.45, 7) is 5.57. The van der Waals surface area contributed by atoms with Gasteiger partial charge in [0.15, 0.2) is 0 Å². The number of rotatable bonds is 8. The highest BCUT2D eigenvalue weighted by Gasteiger charge is 2.42. The molecule has 1 saturated heterocycles. The van der Waals surface area contributed by atoms with Crippen LogP contribution in [0.15, 0.2) is 73.0 Å². The zero-order valence-corrected chi connectivity index (χ0v) is 20.2. The molecule has 0 aliphatic carbocycles. The van der Waals surface area contributed by atoms with Gasteiger partial charge in [-0.3, -0.25) is 4.90 Å². The fraction of sp³-hybridized carbons (Fsp3) is 0.370. The van der Waals surface area contributed by atoms with E-state index in [1.54, 1.807) is 20.8 Å². The fourth-order valence-corrected chi connectivity index (χ4v) is 3.49. The molecule has 0 N–H and O–H groups in total. The van der Waals surface area contributed by atoms with Crippen molar-refractivity contribution < 1.29 is 33.3 Å². The first-order valence-corrected chi connectivity index (χ1v) is 11.4. The van der Waals surface area contributed by atoms with Crippen LogP contribution >= 0.6 is 0 Å². The van der Waals surface area contributed by atoms with Gasteiger partial charge in [-0.2, -0.15) is 0 Å². The standard InChI is InChI=1S/C27H31NO7/c1-27(2,3)35-24(29)14-15-32-22-16-23(25(30)33-18-20-10-6-4-7-11-20)28(17-22)26(31)34-19-21-12-8-5-9-13-21/h4-15,22-23H,16-19H2,1-3H3. The molecule has 186 valence electrons. The molecule has 0 spiro atoms. The fourth-order valence-electron chi connectivity index (χ4n) is 3.49. The highest BCUT2D eigenvalue weighted by atomic mass is 16.6. The Hall–Kier alpha value is -3.81. The van der Waals surface area contributed by atoms with Crippen LogP contribution in [0, 0.1) is 0 Å². The minimum absolute atomic E-state index is 0.0754. The van der Waals surface area contributed by atoms with E-state index in [1.807, 2.05) is 60.7 Å². The Kier molecular flexibility index (Phi) is 8.89. The van der Waals surface area contributed by atoms with Gasteiger partial charge in [0.1, 0.15) is 31.0 Å². The van der Waals surface area contributed by atoms with E-state index in [-0.39, 0.29) is 26.2 Å². The molecule has 3 rings (SSSR count). The van der Waals surface area contributed by atoms with Crippen LogP contribution in [0.1, 0.15) is 38.3 Å². The first-order chi connectivity index (χ1) is 16.7. The van der Waals surface area contributed by atoms with Crippen molar-refractivity contribution in [2.24, 2.45) is 0 Å². The second-order valence-electron chi connectivity index (χ2n) is 9.13. The molecule has 2 unspecified atom stereocenters. The molecule has 2 atom stereocenters. The maximum Gasteiger partial charge on any atom is 0.410 e. The molecule has 8 heteroatoms. The maximum absolute atomic E-state index is 12.9. The molecule has 35 heavy (non-hydrogen) atoms. The first kappa shape index (κ1) is 25.8. The minimum atomic E-state index is -0.873. The topological polar surface area (TPSA) is 91.4 Å². The van der Waals surface area contributed by atoms with E-state index in [4.69, 9.17) is 18.9 Å². The van der Waals surface area contributed by atoms with Gasteiger partial charge >= 0.3 is 18.0 Å². The molecule has 0 bridgehead atoms. The van der Waals surface area contributed by atoms with E-state index < -0.39 is 35.8 Å². The molecule has 1 fully saturated rings. The molecule has 2 aromatic rings. The van der Waals surface area contributed by atoms with E-state index in [2.05, 4.69) is 0 Å². The summed E-state index contributed by atoms with van der Waals surface area (Å²) >= 11 is 0. The molecule has 1 heterocycles. The number of hydrogen-bond acceptors (Lipinski definition) is 7. The van der Waals surface area contributed by atoms with Crippen LogP contribution in [0.3, 0.4) is 0 Å². The van der Waals surface area contributed by atoms with Gasteiger partial charge in [-0.05, 0) is 31.9 Å². The lowest BCUT2D eigenvalue weighted by atomic mass is 10.2. The Morgan fingerprint density at radius 2 is 1.49 bits per heavy atom. The number of hydrogen-bond donors (Lipinski definition) is 0. The van der Waals surface area contributed by atoms with Gasteiger partial charge in [0.05, 0.1) is 18.9 Å². The quantitative estimate of drug-likeness (QED) is 0.239.